The fourth-order valence-corrected chi connectivity index (χ4v) is 4.60. The van der Waals surface area contributed by atoms with Gasteiger partial charge >= 0.3 is 17.9 Å². The molecule has 0 aliphatic carbocycles. The first-order valence-corrected chi connectivity index (χ1v) is 11.1. The summed E-state index contributed by atoms with van der Waals surface area (Å²) in [5, 5.41) is 20.7. The van der Waals surface area contributed by atoms with Gasteiger partial charge in [0.15, 0.2) is 5.44 Å². The van der Waals surface area contributed by atoms with E-state index < -0.39 is 41.2 Å². The van der Waals surface area contributed by atoms with Crippen LogP contribution < -0.4 is 5.32 Å². The van der Waals surface area contributed by atoms with Crippen LogP contribution in [-0.2, 0) is 25.5 Å². The summed E-state index contributed by atoms with van der Waals surface area (Å²) in [6, 6.07) is 15.0. The number of carboxylic acid groups (broad SMARTS) is 2. The average Bonchev–Trinajstić information content (AvgIpc) is 3.10. The zero-order valence-electron chi connectivity index (χ0n) is 17.1. The minimum Gasteiger partial charge on any atom is -0.481 e. The van der Waals surface area contributed by atoms with E-state index >= 15 is 0 Å². The molecule has 168 valence electrons. The molecule has 0 aromatic heterocycles. The lowest BCUT2D eigenvalue weighted by atomic mass is 9.99. The number of nitrogens with one attached hydrogen (secondary N) is 1. The predicted octanol–water partition coefficient (Wildman–Crippen LogP) is 2.88. The molecule has 1 amide bonds. The van der Waals surface area contributed by atoms with Gasteiger partial charge in [0.2, 0.25) is 5.91 Å². The van der Waals surface area contributed by atoms with Crippen LogP contribution in [0.5, 0.6) is 0 Å². The van der Waals surface area contributed by atoms with Crippen molar-refractivity contribution in [1.29, 1.82) is 0 Å². The number of thioether (sulfide) groups is 1. The van der Waals surface area contributed by atoms with Crippen LogP contribution in [0.4, 0.5) is 0 Å². The molecule has 8 nitrogen and oxygen atoms in total. The Bertz CT molecular complexity index is 995. The van der Waals surface area contributed by atoms with Crippen molar-refractivity contribution in [3.8, 4) is 0 Å². The van der Waals surface area contributed by atoms with Crippen LogP contribution in [0.15, 0.2) is 54.6 Å². The summed E-state index contributed by atoms with van der Waals surface area (Å²) >= 11 is 1.29. The lowest BCUT2D eigenvalue weighted by molar-refractivity contribution is -0.143. The molecule has 3 N–H and O–H groups in total. The summed E-state index contributed by atoms with van der Waals surface area (Å²) in [6.07, 6.45) is -0.230. The van der Waals surface area contributed by atoms with E-state index in [1.165, 1.54) is 11.8 Å². The molecule has 0 bridgehead atoms. The van der Waals surface area contributed by atoms with Crippen molar-refractivity contribution in [3.63, 3.8) is 0 Å². The Kier molecular flexibility index (Phi) is 7.88. The number of fused-ring (bicyclic) bond motifs is 1. The molecule has 1 aliphatic rings. The molecule has 0 radical (unpaired) electrons. The number of rotatable bonds is 11. The first-order valence-electron chi connectivity index (χ1n) is 10.1. The van der Waals surface area contributed by atoms with Crippen molar-refractivity contribution in [2.24, 2.45) is 5.92 Å². The van der Waals surface area contributed by atoms with E-state index in [1.54, 1.807) is 18.2 Å². The van der Waals surface area contributed by atoms with Crippen molar-refractivity contribution in [3.05, 3.63) is 71.3 Å². The van der Waals surface area contributed by atoms with Gasteiger partial charge in [0.25, 0.3) is 0 Å². The van der Waals surface area contributed by atoms with Crippen LogP contribution in [0.2, 0.25) is 0 Å². The molecule has 1 aliphatic heterocycles. The third-order valence-electron chi connectivity index (χ3n) is 5.05. The highest BCUT2D eigenvalue weighted by Crippen LogP contribution is 2.39. The number of esters is 1. The lowest BCUT2D eigenvalue weighted by Crippen LogP contribution is -2.45. The van der Waals surface area contributed by atoms with Crippen LogP contribution in [0.3, 0.4) is 0 Å². The molecule has 2 aromatic carbocycles. The standard InChI is InChI=1S/C23H23NO7S/c25-19(26)11-10-18(21(28)29)24-20(27)15(12-14-6-2-1-3-7-14)13-32-23-17-9-5-4-8-16(17)22(30)31-23/h1-9,15,18,23H,10-13H2,(H,24,27)(H,25,26)(H,28,29). The third kappa shape index (κ3) is 6.10. The van der Waals surface area contributed by atoms with Crippen LogP contribution in [-0.4, -0.2) is 45.8 Å². The Hall–Kier alpha value is -3.33. The van der Waals surface area contributed by atoms with E-state index in [-0.39, 0.29) is 18.6 Å². The molecule has 3 atom stereocenters. The Morgan fingerprint density at radius 3 is 2.41 bits per heavy atom. The van der Waals surface area contributed by atoms with E-state index in [4.69, 9.17) is 9.84 Å². The van der Waals surface area contributed by atoms with E-state index in [1.807, 2.05) is 36.4 Å². The lowest BCUT2D eigenvalue weighted by Gasteiger charge is -2.21. The molecule has 9 heteroatoms. The Balaban J connectivity index is 1.72. The number of aliphatic carboxylic acids is 2. The second-order valence-electron chi connectivity index (χ2n) is 7.38. The summed E-state index contributed by atoms with van der Waals surface area (Å²) < 4.78 is 5.43. The number of hydrogen-bond acceptors (Lipinski definition) is 6. The van der Waals surface area contributed by atoms with E-state index in [0.29, 0.717) is 12.0 Å². The number of carbonyl (C=O) groups is 4. The maximum absolute atomic E-state index is 13.0. The molecular weight excluding hydrogens is 434 g/mol. The molecule has 0 spiro atoms. The normalized spacial score (nSPS) is 16.5. The quantitative estimate of drug-likeness (QED) is 0.439. The van der Waals surface area contributed by atoms with Crippen molar-refractivity contribution >= 4 is 35.6 Å². The predicted molar refractivity (Wildman–Crippen MR) is 117 cm³/mol. The van der Waals surface area contributed by atoms with Crippen LogP contribution in [0.1, 0.15) is 39.8 Å². The fraction of sp³-hybridized carbons (Fsp3) is 0.304. The molecule has 0 fully saturated rings. The molecule has 2 aromatic rings. The number of carbonyl (C=O) groups excluding carboxylic acids is 2. The molecule has 1 heterocycles. The molecule has 32 heavy (non-hydrogen) atoms. The minimum atomic E-state index is -1.30. The first-order chi connectivity index (χ1) is 15.3. The van der Waals surface area contributed by atoms with Crippen LogP contribution in [0, 0.1) is 5.92 Å². The van der Waals surface area contributed by atoms with Crippen molar-refractivity contribution in [2.75, 3.05) is 5.75 Å². The Morgan fingerprint density at radius 1 is 1.03 bits per heavy atom. The number of carboxylic acids is 2. The SMILES string of the molecule is O=C(O)CCC(NC(=O)C(CSC1OC(=O)c2ccccc21)Cc1ccccc1)C(=O)O. The van der Waals surface area contributed by atoms with Gasteiger partial charge in [-0.15, -0.1) is 11.8 Å². The van der Waals surface area contributed by atoms with Crippen molar-refractivity contribution in [2.45, 2.75) is 30.7 Å². The van der Waals surface area contributed by atoms with Gasteiger partial charge in [-0.3, -0.25) is 9.59 Å². The Labute approximate surface area is 189 Å². The van der Waals surface area contributed by atoms with Gasteiger partial charge in [-0.2, -0.15) is 0 Å². The zero-order chi connectivity index (χ0) is 23.1. The second-order valence-corrected chi connectivity index (χ2v) is 8.47. The minimum absolute atomic E-state index is 0.213. The number of ether oxygens (including phenoxy) is 1. The molecule has 3 rings (SSSR count). The number of amides is 1. The van der Waals surface area contributed by atoms with E-state index in [9.17, 15) is 24.3 Å². The summed E-state index contributed by atoms with van der Waals surface area (Å²) in [6.45, 7) is 0. The Morgan fingerprint density at radius 2 is 1.72 bits per heavy atom. The van der Waals surface area contributed by atoms with Gasteiger partial charge in [0.1, 0.15) is 6.04 Å². The molecule has 0 saturated carbocycles. The summed E-state index contributed by atoms with van der Waals surface area (Å²) in [5.41, 5.74) is 1.58. The monoisotopic (exact) mass is 457 g/mol. The summed E-state index contributed by atoms with van der Waals surface area (Å²) in [5.74, 6) is -3.66. The molecule has 0 saturated heterocycles. The van der Waals surface area contributed by atoms with E-state index in [2.05, 4.69) is 5.32 Å². The third-order valence-corrected chi connectivity index (χ3v) is 6.30. The second kappa shape index (κ2) is 10.8. The number of cyclic esters (lactones) is 1. The van der Waals surface area contributed by atoms with Gasteiger partial charge in [-0.25, -0.2) is 9.59 Å². The zero-order valence-corrected chi connectivity index (χ0v) is 17.9. The molecular formula is C23H23NO7S. The molecule has 3 unspecified atom stereocenters. The van der Waals surface area contributed by atoms with Gasteiger partial charge in [-0.05, 0) is 24.5 Å². The van der Waals surface area contributed by atoms with Crippen LogP contribution in [0.25, 0.3) is 0 Å². The van der Waals surface area contributed by atoms with Gasteiger partial charge < -0.3 is 20.3 Å². The average molecular weight is 458 g/mol. The number of benzene rings is 2. The van der Waals surface area contributed by atoms with Gasteiger partial charge in [-0.1, -0.05) is 48.5 Å². The maximum Gasteiger partial charge on any atom is 0.340 e. The van der Waals surface area contributed by atoms with Crippen LogP contribution >= 0.6 is 11.8 Å². The van der Waals surface area contributed by atoms with Crippen molar-refractivity contribution < 1.29 is 34.1 Å². The van der Waals surface area contributed by atoms with Gasteiger partial charge in [0, 0.05) is 17.7 Å². The summed E-state index contributed by atoms with van der Waals surface area (Å²) in [7, 11) is 0. The maximum atomic E-state index is 13.0. The fourth-order valence-electron chi connectivity index (χ4n) is 3.38. The highest BCUT2D eigenvalue weighted by molar-refractivity contribution is 7.99. The number of hydrogen-bond donors (Lipinski definition) is 3. The van der Waals surface area contributed by atoms with Gasteiger partial charge in [0.05, 0.1) is 11.5 Å². The van der Waals surface area contributed by atoms with E-state index in [0.717, 1.165) is 11.1 Å². The summed E-state index contributed by atoms with van der Waals surface area (Å²) in [4.78, 5) is 47.4. The largest absolute Gasteiger partial charge is 0.481 e. The highest BCUT2D eigenvalue weighted by Gasteiger charge is 2.33. The first kappa shape index (κ1) is 23.3. The smallest absolute Gasteiger partial charge is 0.340 e. The highest BCUT2D eigenvalue weighted by atomic mass is 32.2. The van der Waals surface area contributed by atoms with Crippen molar-refractivity contribution in [1.82, 2.24) is 5.32 Å². The topological polar surface area (TPSA) is 130 Å².